The van der Waals surface area contributed by atoms with Crippen molar-refractivity contribution in [3.8, 4) is 6.07 Å². The Morgan fingerprint density at radius 1 is 1.47 bits per heavy atom. The highest BCUT2D eigenvalue weighted by Gasteiger charge is 2.53. The van der Waals surface area contributed by atoms with Gasteiger partial charge in [0.1, 0.15) is 23.1 Å². The molecule has 3 atom stereocenters. The topological polar surface area (TPSA) is 113 Å². The summed E-state index contributed by atoms with van der Waals surface area (Å²) < 4.78 is 20.9. The summed E-state index contributed by atoms with van der Waals surface area (Å²) in [7, 11) is 0. The molecule has 4 rings (SSSR count). The van der Waals surface area contributed by atoms with Gasteiger partial charge in [0, 0.05) is 29.1 Å². The van der Waals surface area contributed by atoms with Crippen LogP contribution in [0.25, 0.3) is 0 Å². The molecule has 9 heteroatoms. The predicted octanol–water partition coefficient (Wildman–Crippen LogP) is 3.03. The minimum Gasteiger partial charge on any atom is -0.379 e. The fourth-order valence-electron chi connectivity index (χ4n) is 3.99. The number of carbonyl (C=O) groups is 1. The molecule has 1 aromatic heterocycles. The van der Waals surface area contributed by atoms with Crippen molar-refractivity contribution in [2.45, 2.75) is 25.0 Å². The number of hydrogen-bond acceptors (Lipinski definition) is 7. The number of rotatable bonds is 4. The molecule has 1 amide bonds. The van der Waals surface area contributed by atoms with Gasteiger partial charge in [0.25, 0.3) is 5.91 Å². The van der Waals surface area contributed by atoms with Crippen LogP contribution >= 0.6 is 11.8 Å². The zero-order valence-electron chi connectivity index (χ0n) is 16.3. The number of nitrogens with one attached hydrogen (secondary N) is 1. The predicted molar refractivity (Wildman–Crippen MR) is 113 cm³/mol. The van der Waals surface area contributed by atoms with Crippen LogP contribution < -0.4 is 11.1 Å². The smallest absolute Gasteiger partial charge is 0.274 e. The van der Waals surface area contributed by atoms with E-state index in [1.165, 1.54) is 42.2 Å². The molecule has 0 unspecified atom stereocenters. The molecule has 2 aliphatic rings. The van der Waals surface area contributed by atoms with Crippen LogP contribution in [0.5, 0.6) is 0 Å². The first-order chi connectivity index (χ1) is 14.5. The van der Waals surface area contributed by atoms with E-state index in [-0.39, 0.29) is 24.3 Å². The summed E-state index contributed by atoms with van der Waals surface area (Å²) in [4.78, 5) is 21.2. The second kappa shape index (κ2) is 8.05. The van der Waals surface area contributed by atoms with E-state index in [9.17, 15) is 9.18 Å². The van der Waals surface area contributed by atoms with Crippen LogP contribution in [0.2, 0.25) is 0 Å². The molecule has 0 bridgehead atoms. The van der Waals surface area contributed by atoms with Crippen LogP contribution in [0.3, 0.4) is 0 Å². The number of amidine groups is 1. The van der Waals surface area contributed by atoms with E-state index in [0.717, 1.165) is 6.42 Å². The number of thioether (sulfide) groups is 1. The molecule has 2 aliphatic heterocycles. The van der Waals surface area contributed by atoms with Crippen molar-refractivity contribution in [1.29, 1.82) is 5.26 Å². The maximum absolute atomic E-state index is 15.0. The van der Waals surface area contributed by atoms with Crippen LogP contribution in [0, 0.1) is 23.1 Å². The van der Waals surface area contributed by atoms with Gasteiger partial charge in [0.15, 0.2) is 5.17 Å². The first-order valence-corrected chi connectivity index (χ1v) is 10.5. The van der Waals surface area contributed by atoms with Crippen molar-refractivity contribution >= 4 is 28.5 Å². The molecule has 0 saturated carbocycles. The quantitative estimate of drug-likeness (QED) is 0.778. The third kappa shape index (κ3) is 3.53. The molecule has 0 radical (unpaired) electrons. The lowest BCUT2D eigenvalue weighted by Crippen LogP contribution is -2.42. The maximum atomic E-state index is 15.0. The number of carbonyl (C=O) groups excluding carboxylic acids is 1. The van der Waals surface area contributed by atoms with Gasteiger partial charge < -0.3 is 15.8 Å². The van der Waals surface area contributed by atoms with Crippen LogP contribution in [0.1, 0.15) is 35.0 Å². The van der Waals surface area contributed by atoms with E-state index < -0.39 is 17.3 Å². The van der Waals surface area contributed by atoms with E-state index in [0.29, 0.717) is 27.7 Å². The molecule has 3 N–H and O–H groups in total. The largest absolute Gasteiger partial charge is 0.379 e. The molecule has 7 nitrogen and oxygen atoms in total. The molecular weight excluding hydrogens is 405 g/mol. The Bertz CT molecular complexity index is 1050. The summed E-state index contributed by atoms with van der Waals surface area (Å²) in [5.74, 6) is -0.194. The van der Waals surface area contributed by atoms with E-state index in [1.807, 2.05) is 13.0 Å². The minimum atomic E-state index is -0.909. The molecule has 154 valence electrons. The van der Waals surface area contributed by atoms with Crippen LogP contribution in [0.4, 0.5) is 10.1 Å². The van der Waals surface area contributed by atoms with Gasteiger partial charge in [-0.05, 0) is 36.8 Å². The van der Waals surface area contributed by atoms with E-state index in [4.69, 9.17) is 15.7 Å². The molecule has 2 aromatic rings. The molecular formula is C21H20FN5O2S. The number of aliphatic imine (C=N–C) groups is 1. The molecule has 1 aromatic carbocycles. The van der Waals surface area contributed by atoms with E-state index in [2.05, 4.69) is 15.3 Å². The Kier molecular flexibility index (Phi) is 5.45. The number of nitriles is 1. The Morgan fingerprint density at radius 3 is 3.00 bits per heavy atom. The maximum Gasteiger partial charge on any atom is 0.274 e. The summed E-state index contributed by atoms with van der Waals surface area (Å²) in [5.41, 5.74) is 6.39. The Hall–Kier alpha value is -2.96. The average Bonchev–Trinajstić information content (AvgIpc) is 3.13. The highest BCUT2D eigenvalue weighted by Crippen LogP contribution is 2.49. The minimum absolute atomic E-state index is 0.0135. The van der Waals surface area contributed by atoms with Crippen molar-refractivity contribution in [2.24, 2.45) is 16.6 Å². The molecule has 1 fully saturated rings. The lowest BCUT2D eigenvalue weighted by Gasteiger charge is -2.36. The highest BCUT2D eigenvalue weighted by atomic mass is 32.2. The van der Waals surface area contributed by atoms with E-state index >= 15 is 0 Å². The average molecular weight is 425 g/mol. The van der Waals surface area contributed by atoms with Gasteiger partial charge in [-0.1, -0.05) is 18.7 Å². The third-order valence-electron chi connectivity index (χ3n) is 5.52. The van der Waals surface area contributed by atoms with Crippen molar-refractivity contribution in [2.75, 3.05) is 17.7 Å². The van der Waals surface area contributed by atoms with Crippen LogP contribution in [-0.2, 0) is 10.3 Å². The number of pyridine rings is 1. The molecule has 1 saturated heterocycles. The third-order valence-corrected chi connectivity index (χ3v) is 6.43. The summed E-state index contributed by atoms with van der Waals surface area (Å²) in [6.45, 7) is 2.27. The monoisotopic (exact) mass is 425 g/mol. The van der Waals surface area contributed by atoms with Crippen molar-refractivity contribution in [1.82, 2.24) is 4.98 Å². The Balaban J connectivity index is 1.67. The summed E-state index contributed by atoms with van der Waals surface area (Å²) >= 11 is 1.45. The number of nitrogens with two attached hydrogens (primary N) is 1. The van der Waals surface area contributed by atoms with Crippen LogP contribution in [0.15, 0.2) is 41.5 Å². The number of nitrogens with zero attached hydrogens (tertiary/aromatic N) is 3. The first-order valence-electron chi connectivity index (χ1n) is 9.54. The first kappa shape index (κ1) is 20.3. The molecule has 30 heavy (non-hydrogen) atoms. The SMILES string of the molecule is CC[C@@H]1OC[C@@]2(c3cc(NC(=O)c4ccc(C#N)cn4)ccc3F)N=C(N)SC[C@H]12. The second-order valence-electron chi connectivity index (χ2n) is 7.24. The fraction of sp³-hybridized carbons (Fsp3) is 0.333. The van der Waals surface area contributed by atoms with Crippen molar-refractivity contribution in [3.63, 3.8) is 0 Å². The summed E-state index contributed by atoms with van der Waals surface area (Å²) in [5, 5.41) is 12.0. The van der Waals surface area contributed by atoms with Gasteiger partial charge in [-0.25, -0.2) is 14.4 Å². The molecule has 0 aliphatic carbocycles. The lowest BCUT2D eigenvalue weighted by molar-refractivity contribution is 0.0904. The number of anilines is 1. The van der Waals surface area contributed by atoms with E-state index in [1.54, 1.807) is 6.07 Å². The zero-order chi connectivity index (χ0) is 21.3. The van der Waals surface area contributed by atoms with Crippen molar-refractivity contribution in [3.05, 3.63) is 59.2 Å². The fourth-order valence-corrected chi connectivity index (χ4v) is 5.06. The number of fused-ring (bicyclic) bond motifs is 1. The van der Waals surface area contributed by atoms with Crippen molar-refractivity contribution < 1.29 is 13.9 Å². The standard InChI is InChI=1S/C21H20FN5O2S/c1-2-18-15-10-30-20(24)27-21(15,11-29-18)14-7-13(4-5-16(14)22)26-19(28)17-6-3-12(8-23)9-25-17/h3-7,9,15,18H,2,10-11H2,1H3,(H2,24,27)(H,26,28)/t15-,18+,21+/m1/s1. The van der Waals surface area contributed by atoms with Gasteiger partial charge in [0.05, 0.1) is 18.3 Å². The normalized spacial score (nSPS) is 25.2. The Labute approximate surface area is 177 Å². The number of benzene rings is 1. The summed E-state index contributed by atoms with van der Waals surface area (Å²) in [6.07, 6.45) is 2.09. The highest BCUT2D eigenvalue weighted by molar-refractivity contribution is 8.13. The summed E-state index contributed by atoms with van der Waals surface area (Å²) in [6, 6.07) is 9.33. The van der Waals surface area contributed by atoms with Crippen LogP contribution in [-0.4, -0.2) is 34.5 Å². The van der Waals surface area contributed by atoms with Gasteiger partial charge in [-0.15, -0.1) is 0 Å². The zero-order valence-corrected chi connectivity index (χ0v) is 17.1. The number of ether oxygens (including phenoxy) is 1. The molecule has 0 spiro atoms. The number of aromatic nitrogens is 1. The van der Waals surface area contributed by atoms with Gasteiger partial charge in [-0.2, -0.15) is 5.26 Å². The van der Waals surface area contributed by atoms with Gasteiger partial charge in [-0.3, -0.25) is 4.79 Å². The van der Waals surface area contributed by atoms with Gasteiger partial charge >= 0.3 is 0 Å². The second-order valence-corrected chi connectivity index (χ2v) is 8.28. The number of hydrogen-bond donors (Lipinski definition) is 2. The van der Waals surface area contributed by atoms with Gasteiger partial charge in [0.2, 0.25) is 0 Å². The Morgan fingerprint density at radius 2 is 2.30 bits per heavy atom. The number of halogens is 1. The molecule has 3 heterocycles. The lowest BCUT2D eigenvalue weighted by atomic mass is 9.78. The number of amides is 1.